The Labute approximate surface area is 176 Å². The molecule has 0 aromatic heterocycles. The van der Waals surface area contributed by atoms with Crippen molar-refractivity contribution in [3.63, 3.8) is 0 Å². The molecule has 2 aliphatic rings. The molecule has 2 aromatic rings. The van der Waals surface area contributed by atoms with E-state index >= 15 is 0 Å². The highest BCUT2D eigenvalue weighted by atomic mass is 35.5. The lowest BCUT2D eigenvalue weighted by Gasteiger charge is -2.35. The van der Waals surface area contributed by atoms with Crippen LogP contribution < -0.4 is 10.2 Å². The molecule has 29 heavy (non-hydrogen) atoms. The summed E-state index contributed by atoms with van der Waals surface area (Å²) in [5.41, 5.74) is 3.77. The molecule has 2 aliphatic heterocycles. The fraction of sp³-hybridized carbons (Fsp3) is 0.435. The van der Waals surface area contributed by atoms with Crippen molar-refractivity contribution >= 4 is 23.2 Å². The third kappa shape index (κ3) is 4.26. The number of likely N-dealkylation sites (tertiary alicyclic amines) is 1. The monoisotopic (exact) mass is 415 g/mol. The average molecular weight is 416 g/mol. The van der Waals surface area contributed by atoms with Gasteiger partial charge in [-0.1, -0.05) is 36.2 Å². The number of fused-ring (bicyclic) bond motifs is 1. The summed E-state index contributed by atoms with van der Waals surface area (Å²) < 4.78 is 14.1. The molecule has 1 saturated heterocycles. The molecule has 1 amide bonds. The number of amides is 1. The van der Waals surface area contributed by atoms with E-state index in [9.17, 15) is 9.18 Å². The first-order chi connectivity index (χ1) is 14.0. The van der Waals surface area contributed by atoms with Crippen molar-refractivity contribution in [2.45, 2.75) is 31.7 Å². The van der Waals surface area contributed by atoms with Crippen LogP contribution in [0.25, 0.3) is 0 Å². The number of hydrogen-bond acceptors (Lipinski definition) is 3. The average Bonchev–Trinajstić information content (AvgIpc) is 3.09. The van der Waals surface area contributed by atoms with Gasteiger partial charge in [0.25, 0.3) is 5.91 Å². The first kappa shape index (κ1) is 20.2. The first-order valence-electron chi connectivity index (χ1n) is 10.3. The molecule has 0 radical (unpaired) electrons. The lowest BCUT2D eigenvalue weighted by atomic mass is 9.98. The molecule has 0 saturated carbocycles. The molecule has 0 spiro atoms. The smallest absolute Gasteiger partial charge is 0.255 e. The van der Waals surface area contributed by atoms with Crippen molar-refractivity contribution in [1.82, 2.24) is 10.2 Å². The van der Waals surface area contributed by atoms with Gasteiger partial charge >= 0.3 is 0 Å². The largest absolute Gasteiger partial charge is 0.374 e. The topological polar surface area (TPSA) is 35.6 Å². The van der Waals surface area contributed by atoms with Crippen LogP contribution in [0.15, 0.2) is 36.4 Å². The van der Waals surface area contributed by atoms with Gasteiger partial charge in [-0.2, -0.15) is 0 Å². The normalized spacial score (nSPS) is 17.8. The Morgan fingerprint density at radius 2 is 1.97 bits per heavy atom. The number of carbonyl (C=O) groups excluding carboxylic acids is 1. The lowest BCUT2D eigenvalue weighted by molar-refractivity contribution is 0.0920. The molecule has 0 aliphatic carbocycles. The minimum atomic E-state index is -0.593. The maximum absolute atomic E-state index is 14.1. The number of likely N-dealkylation sites (N-methyl/N-ethyl adjacent to an activating group) is 1. The minimum Gasteiger partial charge on any atom is -0.374 e. The summed E-state index contributed by atoms with van der Waals surface area (Å²) in [6.45, 7) is 3.49. The van der Waals surface area contributed by atoms with E-state index in [1.54, 1.807) is 6.07 Å². The van der Waals surface area contributed by atoms with Gasteiger partial charge in [-0.25, -0.2) is 4.39 Å². The summed E-state index contributed by atoms with van der Waals surface area (Å²) in [4.78, 5) is 17.4. The molecule has 154 valence electrons. The molecular weight excluding hydrogens is 389 g/mol. The number of rotatable bonds is 5. The van der Waals surface area contributed by atoms with E-state index in [2.05, 4.69) is 40.4 Å². The summed E-state index contributed by atoms with van der Waals surface area (Å²) in [6.07, 6.45) is 4.62. The molecule has 1 fully saturated rings. The van der Waals surface area contributed by atoms with Crippen molar-refractivity contribution in [2.24, 2.45) is 0 Å². The van der Waals surface area contributed by atoms with E-state index in [1.165, 1.54) is 35.4 Å². The van der Waals surface area contributed by atoms with Crippen LogP contribution in [0, 0.1) is 5.82 Å². The fourth-order valence-corrected chi connectivity index (χ4v) is 4.72. The van der Waals surface area contributed by atoms with Gasteiger partial charge in [-0.3, -0.25) is 9.69 Å². The molecule has 6 heteroatoms. The van der Waals surface area contributed by atoms with Crippen LogP contribution in [-0.2, 0) is 6.42 Å². The number of halogens is 2. The van der Waals surface area contributed by atoms with Crippen LogP contribution in [-0.4, -0.2) is 44.0 Å². The summed E-state index contributed by atoms with van der Waals surface area (Å²) >= 11 is 6.07. The number of anilines is 1. The predicted octanol–water partition coefficient (Wildman–Crippen LogP) is 4.43. The van der Waals surface area contributed by atoms with Crippen molar-refractivity contribution in [3.8, 4) is 0 Å². The van der Waals surface area contributed by atoms with E-state index in [4.69, 9.17) is 11.6 Å². The van der Waals surface area contributed by atoms with E-state index < -0.39 is 11.7 Å². The lowest BCUT2D eigenvalue weighted by Crippen LogP contribution is -2.40. The molecule has 0 unspecified atom stereocenters. The third-order valence-electron chi connectivity index (χ3n) is 6.09. The van der Waals surface area contributed by atoms with E-state index in [-0.39, 0.29) is 16.6 Å². The molecule has 0 bridgehead atoms. The first-order valence-corrected chi connectivity index (χ1v) is 10.7. The zero-order valence-corrected chi connectivity index (χ0v) is 17.5. The maximum Gasteiger partial charge on any atom is 0.255 e. The summed E-state index contributed by atoms with van der Waals surface area (Å²) in [7, 11) is 2.12. The van der Waals surface area contributed by atoms with Gasteiger partial charge in [0.1, 0.15) is 5.82 Å². The molecule has 1 N–H and O–H groups in total. The van der Waals surface area contributed by atoms with E-state index in [1.807, 2.05) is 0 Å². The SMILES string of the molecule is CN1CCc2cc([C@@H](CNC(=O)c3c(F)cccc3Cl)N3CCCCC3)ccc21. The second kappa shape index (κ2) is 8.72. The molecule has 4 rings (SSSR count). The van der Waals surface area contributed by atoms with Gasteiger partial charge < -0.3 is 10.2 Å². The van der Waals surface area contributed by atoms with E-state index in [0.717, 1.165) is 38.9 Å². The maximum atomic E-state index is 14.1. The Balaban J connectivity index is 1.56. The highest BCUT2D eigenvalue weighted by Gasteiger charge is 2.26. The Morgan fingerprint density at radius 1 is 1.17 bits per heavy atom. The number of nitrogens with one attached hydrogen (secondary N) is 1. The van der Waals surface area contributed by atoms with Crippen LogP contribution in [0.4, 0.5) is 10.1 Å². The number of piperidine rings is 1. The van der Waals surface area contributed by atoms with Gasteiger partial charge in [0.2, 0.25) is 0 Å². The summed E-state index contributed by atoms with van der Waals surface area (Å²) in [5.74, 6) is -1.05. The highest BCUT2D eigenvalue weighted by Crippen LogP contribution is 2.32. The van der Waals surface area contributed by atoms with Crippen LogP contribution in [0.1, 0.15) is 46.8 Å². The molecule has 4 nitrogen and oxygen atoms in total. The van der Waals surface area contributed by atoms with Crippen molar-refractivity contribution in [1.29, 1.82) is 0 Å². The zero-order chi connectivity index (χ0) is 20.4. The van der Waals surface area contributed by atoms with Crippen molar-refractivity contribution in [3.05, 3.63) is 63.9 Å². The van der Waals surface area contributed by atoms with Crippen molar-refractivity contribution in [2.75, 3.05) is 38.1 Å². The molecule has 1 atom stereocenters. The highest BCUT2D eigenvalue weighted by molar-refractivity contribution is 6.33. The van der Waals surface area contributed by atoms with Crippen molar-refractivity contribution < 1.29 is 9.18 Å². The Bertz CT molecular complexity index is 877. The minimum absolute atomic E-state index is 0.0704. The van der Waals surface area contributed by atoms with Crippen LogP contribution in [0.5, 0.6) is 0 Å². The zero-order valence-electron chi connectivity index (χ0n) is 16.8. The summed E-state index contributed by atoms with van der Waals surface area (Å²) in [6, 6.07) is 11.0. The molecular formula is C23H27ClFN3O. The standard InChI is InChI=1S/C23H27ClFN3O/c1-27-13-10-17-14-16(8-9-20(17)27)21(28-11-3-2-4-12-28)15-26-23(29)22-18(24)6-5-7-19(22)25/h5-9,14,21H,2-4,10-13,15H2,1H3,(H,26,29)/t21-/m1/s1. The van der Waals surface area contributed by atoms with Crippen LogP contribution in [0.3, 0.4) is 0 Å². The summed E-state index contributed by atoms with van der Waals surface area (Å²) in [5, 5.41) is 3.07. The predicted molar refractivity (Wildman–Crippen MR) is 115 cm³/mol. The van der Waals surface area contributed by atoms with Gasteiger partial charge in [0.05, 0.1) is 16.6 Å². The number of nitrogens with zero attached hydrogens (tertiary/aromatic N) is 2. The fourth-order valence-electron chi connectivity index (χ4n) is 4.47. The number of carbonyl (C=O) groups is 1. The van der Waals surface area contributed by atoms with Gasteiger partial charge in [-0.15, -0.1) is 0 Å². The Hall–Kier alpha value is -2.11. The number of hydrogen-bond donors (Lipinski definition) is 1. The molecule has 2 aromatic carbocycles. The second-order valence-electron chi connectivity index (χ2n) is 7.98. The van der Waals surface area contributed by atoms with Gasteiger partial charge in [-0.05, 0) is 61.7 Å². The van der Waals surface area contributed by atoms with Gasteiger partial charge in [0.15, 0.2) is 0 Å². The van der Waals surface area contributed by atoms with Gasteiger partial charge in [0, 0.05) is 25.8 Å². The van der Waals surface area contributed by atoms with E-state index in [0.29, 0.717) is 6.54 Å². The Kier molecular flexibility index (Phi) is 6.07. The third-order valence-corrected chi connectivity index (χ3v) is 6.41. The van der Waals surface area contributed by atoms with Crippen LogP contribution in [0.2, 0.25) is 5.02 Å². The van der Waals surface area contributed by atoms with Crippen LogP contribution >= 0.6 is 11.6 Å². The number of benzene rings is 2. The Morgan fingerprint density at radius 3 is 2.72 bits per heavy atom. The quantitative estimate of drug-likeness (QED) is 0.784. The second-order valence-corrected chi connectivity index (χ2v) is 8.39. The molecule has 2 heterocycles.